The van der Waals surface area contributed by atoms with Crippen LogP contribution in [-0.2, 0) is 14.2 Å². The smallest absolute Gasteiger partial charge is 0.224 e. The molecule has 11 heteroatoms. The first kappa shape index (κ1) is 18.9. The quantitative estimate of drug-likeness (QED) is 0.238. The second kappa shape index (κ2) is 7.21. The van der Waals surface area contributed by atoms with E-state index in [1.54, 1.807) is 0 Å². The standard InChI is InChI=1S/C12H22O11/c13-1-4-6(16)8(18)9(19)11(21-4)23-12(3-15)10(20)7(17)5(2-14)22-12/h4-11,13-20H,1-3H2/t4-,5+,6-,7+,8+,9-,10+,11+,12-/m0/s1. The number of ether oxygens (including phenoxy) is 3. The van der Waals surface area contributed by atoms with E-state index in [2.05, 4.69) is 0 Å². The van der Waals surface area contributed by atoms with Gasteiger partial charge in [-0.05, 0) is 0 Å². The lowest BCUT2D eigenvalue weighted by Gasteiger charge is -2.43. The van der Waals surface area contributed by atoms with Crippen molar-refractivity contribution in [2.45, 2.75) is 54.8 Å². The van der Waals surface area contributed by atoms with Crippen molar-refractivity contribution in [1.82, 2.24) is 0 Å². The van der Waals surface area contributed by atoms with Crippen LogP contribution >= 0.6 is 0 Å². The van der Waals surface area contributed by atoms with Crippen LogP contribution in [0.5, 0.6) is 0 Å². The van der Waals surface area contributed by atoms with Crippen LogP contribution in [0.2, 0.25) is 0 Å². The van der Waals surface area contributed by atoms with Gasteiger partial charge in [0.1, 0.15) is 49.3 Å². The van der Waals surface area contributed by atoms with Gasteiger partial charge in [-0.15, -0.1) is 0 Å². The Labute approximate surface area is 130 Å². The zero-order valence-corrected chi connectivity index (χ0v) is 12.0. The highest BCUT2D eigenvalue weighted by Gasteiger charge is 2.58. The van der Waals surface area contributed by atoms with E-state index in [0.717, 1.165) is 0 Å². The van der Waals surface area contributed by atoms with Crippen molar-refractivity contribution in [2.24, 2.45) is 0 Å². The van der Waals surface area contributed by atoms with Gasteiger partial charge < -0.3 is 55.1 Å². The molecule has 2 fully saturated rings. The molecule has 0 aromatic heterocycles. The molecule has 2 aliphatic heterocycles. The minimum Gasteiger partial charge on any atom is -0.394 e. The zero-order valence-electron chi connectivity index (χ0n) is 12.0. The largest absolute Gasteiger partial charge is 0.394 e. The first-order valence-electron chi connectivity index (χ1n) is 7.05. The Morgan fingerprint density at radius 1 is 0.783 bits per heavy atom. The Bertz CT molecular complexity index is 393. The lowest BCUT2D eigenvalue weighted by atomic mass is 9.99. The van der Waals surface area contributed by atoms with Crippen LogP contribution < -0.4 is 0 Å². The van der Waals surface area contributed by atoms with Crippen molar-refractivity contribution in [3.8, 4) is 0 Å². The van der Waals surface area contributed by atoms with Gasteiger partial charge in [-0.3, -0.25) is 0 Å². The fourth-order valence-corrected chi connectivity index (χ4v) is 2.63. The van der Waals surface area contributed by atoms with E-state index in [9.17, 15) is 30.6 Å². The van der Waals surface area contributed by atoms with E-state index >= 15 is 0 Å². The summed E-state index contributed by atoms with van der Waals surface area (Å²) in [7, 11) is 0. The van der Waals surface area contributed by atoms with Crippen molar-refractivity contribution >= 4 is 0 Å². The maximum atomic E-state index is 10.00. The second-order valence-electron chi connectivity index (χ2n) is 5.56. The molecule has 9 atom stereocenters. The number of hydrogen-bond donors (Lipinski definition) is 8. The van der Waals surface area contributed by atoms with Crippen molar-refractivity contribution in [3.05, 3.63) is 0 Å². The summed E-state index contributed by atoms with van der Waals surface area (Å²) in [6.07, 6.45) is -12.7. The first-order chi connectivity index (χ1) is 10.8. The highest BCUT2D eigenvalue weighted by Crippen LogP contribution is 2.35. The second-order valence-corrected chi connectivity index (χ2v) is 5.56. The monoisotopic (exact) mass is 342 g/mol. The van der Waals surface area contributed by atoms with Crippen molar-refractivity contribution in [2.75, 3.05) is 19.8 Å². The van der Waals surface area contributed by atoms with Crippen LogP contribution in [0.15, 0.2) is 0 Å². The molecule has 2 aliphatic rings. The van der Waals surface area contributed by atoms with E-state index < -0.39 is 74.6 Å². The fraction of sp³-hybridized carbons (Fsp3) is 1.00. The van der Waals surface area contributed by atoms with Crippen LogP contribution in [0.4, 0.5) is 0 Å². The molecule has 2 rings (SSSR count). The average molecular weight is 342 g/mol. The van der Waals surface area contributed by atoms with Gasteiger partial charge in [-0.25, -0.2) is 0 Å². The van der Waals surface area contributed by atoms with Gasteiger partial charge >= 0.3 is 0 Å². The SMILES string of the molecule is OC[C@@H]1O[C@H](O[C@]2(CO)O[C@H](CO)[C@@H](O)[C@H]2O)[C@@H](O)[C@H](O)[C@H]1O. The molecule has 0 spiro atoms. The van der Waals surface area contributed by atoms with Crippen LogP contribution in [0.25, 0.3) is 0 Å². The molecule has 0 bridgehead atoms. The third-order valence-electron chi connectivity index (χ3n) is 4.07. The van der Waals surface area contributed by atoms with Gasteiger partial charge in [0.15, 0.2) is 6.29 Å². The summed E-state index contributed by atoms with van der Waals surface area (Å²) < 4.78 is 15.4. The molecule has 0 radical (unpaired) electrons. The van der Waals surface area contributed by atoms with Gasteiger partial charge in [-0.1, -0.05) is 0 Å². The molecular formula is C12H22O11. The highest BCUT2D eigenvalue weighted by molar-refractivity contribution is 4.98. The third kappa shape index (κ3) is 3.23. The zero-order chi connectivity index (χ0) is 17.4. The summed E-state index contributed by atoms with van der Waals surface area (Å²) in [6, 6.07) is 0. The molecule has 0 aliphatic carbocycles. The van der Waals surface area contributed by atoms with Gasteiger partial charge in [0.2, 0.25) is 5.79 Å². The molecule has 0 amide bonds. The minimum atomic E-state index is -2.22. The third-order valence-corrected chi connectivity index (χ3v) is 4.07. The summed E-state index contributed by atoms with van der Waals surface area (Å²) in [5.74, 6) is -2.22. The molecule has 0 saturated carbocycles. The maximum absolute atomic E-state index is 10.00. The normalized spacial score (nSPS) is 51.1. The van der Waals surface area contributed by atoms with Crippen LogP contribution in [0.3, 0.4) is 0 Å². The number of aliphatic hydroxyl groups excluding tert-OH is 8. The average Bonchev–Trinajstić information content (AvgIpc) is 2.80. The predicted molar refractivity (Wildman–Crippen MR) is 68.6 cm³/mol. The molecule has 8 N–H and O–H groups in total. The van der Waals surface area contributed by atoms with Gasteiger partial charge in [0, 0.05) is 0 Å². The Morgan fingerprint density at radius 2 is 1.39 bits per heavy atom. The number of hydrogen-bond acceptors (Lipinski definition) is 11. The van der Waals surface area contributed by atoms with Gasteiger partial charge in [0.05, 0.1) is 13.2 Å². The molecule has 23 heavy (non-hydrogen) atoms. The van der Waals surface area contributed by atoms with Gasteiger partial charge in [-0.2, -0.15) is 0 Å². The first-order valence-corrected chi connectivity index (χ1v) is 7.05. The van der Waals surface area contributed by atoms with E-state index in [1.807, 2.05) is 0 Å². The van der Waals surface area contributed by atoms with Crippen LogP contribution in [0.1, 0.15) is 0 Å². The molecule has 0 aromatic rings. The molecule has 0 aromatic carbocycles. The minimum absolute atomic E-state index is 0.669. The molecular weight excluding hydrogens is 320 g/mol. The fourth-order valence-electron chi connectivity index (χ4n) is 2.63. The lowest BCUT2D eigenvalue weighted by Crippen LogP contribution is -2.62. The molecule has 2 saturated heterocycles. The van der Waals surface area contributed by atoms with Crippen molar-refractivity contribution in [1.29, 1.82) is 0 Å². The molecule has 136 valence electrons. The van der Waals surface area contributed by atoms with E-state index in [0.29, 0.717) is 0 Å². The van der Waals surface area contributed by atoms with E-state index in [-0.39, 0.29) is 0 Å². The Hall–Kier alpha value is -0.440. The number of rotatable bonds is 5. The molecule has 2 heterocycles. The van der Waals surface area contributed by atoms with Crippen LogP contribution in [-0.4, -0.2) is 115 Å². The summed E-state index contributed by atoms with van der Waals surface area (Å²) in [4.78, 5) is 0. The van der Waals surface area contributed by atoms with Crippen molar-refractivity contribution < 1.29 is 55.1 Å². The topological polar surface area (TPSA) is 190 Å². The van der Waals surface area contributed by atoms with Crippen LogP contribution in [0, 0.1) is 0 Å². The Morgan fingerprint density at radius 3 is 1.87 bits per heavy atom. The molecule has 0 unspecified atom stereocenters. The lowest BCUT2D eigenvalue weighted by molar-refractivity contribution is -0.383. The summed E-state index contributed by atoms with van der Waals surface area (Å²) in [5.41, 5.74) is 0. The van der Waals surface area contributed by atoms with Crippen molar-refractivity contribution in [3.63, 3.8) is 0 Å². The van der Waals surface area contributed by atoms with E-state index in [1.165, 1.54) is 0 Å². The summed E-state index contributed by atoms with van der Waals surface area (Å²) in [5, 5.41) is 76.7. The predicted octanol–water partition coefficient (Wildman–Crippen LogP) is -5.40. The number of aliphatic hydroxyl groups is 8. The summed E-state index contributed by atoms with van der Waals surface area (Å²) >= 11 is 0. The van der Waals surface area contributed by atoms with E-state index in [4.69, 9.17) is 24.4 Å². The highest BCUT2D eigenvalue weighted by atomic mass is 16.8. The Balaban J connectivity index is 2.18. The van der Waals surface area contributed by atoms with Gasteiger partial charge in [0.25, 0.3) is 0 Å². The summed E-state index contributed by atoms with van der Waals surface area (Å²) in [6.45, 7) is -2.32. The maximum Gasteiger partial charge on any atom is 0.224 e. The Kier molecular flexibility index (Phi) is 5.92. The molecule has 11 nitrogen and oxygen atoms in total.